The highest BCUT2D eigenvalue weighted by atomic mass is 16.5. The van der Waals surface area contributed by atoms with Crippen LogP contribution in [0.15, 0.2) is 60.8 Å². The average Bonchev–Trinajstić information content (AvgIpc) is 2.74. The topological polar surface area (TPSA) is 75.7 Å². The molecule has 3 rings (SSSR count). The molecule has 0 aliphatic rings. The van der Waals surface area contributed by atoms with Crippen LogP contribution >= 0.6 is 0 Å². The molecule has 0 radical (unpaired) electrons. The first-order valence-electron chi connectivity index (χ1n) is 9.04. The first-order valence-corrected chi connectivity index (χ1v) is 9.04. The molecule has 0 saturated carbocycles. The molecule has 0 aliphatic carbocycles. The molecule has 0 unspecified atom stereocenters. The fourth-order valence-electron chi connectivity index (χ4n) is 2.69. The maximum Gasteiger partial charge on any atom is 0.257 e. The van der Waals surface area contributed by atoms with Crippen molar-refractivity contribution >= 4 is 28.8 Å². The molecule has 7 nitrogen and oxygen atoms in total. The minimum absolute atomic E-state index is 0.219. The van der Waals surface area contributed by atoms with Crippen molar-refractivity contribution in [1.82, 2.24) is 4.98 Å². The van der Waals surface area contributed by atoms with Crippen LogP contribution in [0.5, 0.6) is 11.5 Å². The number of pyridine rings is 1. The van der Waals surface area contributed by atoms with Gasteiger partial charge in [-0.3, -0.25) is 4.79 Å². The van der Waals surface area contributed by atoms with E-state index in [0.717, 1.165) is 17.1 Å². The van der Waals surface area contributed by atoms with Crippen molar-refractivity contribution in [1.29, 1.82) is 0 Å². The number of nitrogens with one attached hydrogen (secondary N) is 2. The van der Waals surface area contributed by atoms with Gasteiger partial charge in [0.05, 0.1) is 25.5 Å². The summed E-state index contributed by atoms with van der Waals surface area (Å²) in [5.41, 5.74) is 3.01. The maximum atomic E-state index is 12.5. The lowest BCUT2D eigenvalue weighted by Crippen LogP contribution is -2.13. The van der Waals surface area contributed by atoms with E-state index < -0.39 is 0 Å². The van der Waals surface area contributed by atoms with Gasteiger partial charge in [0.2, 0.25) is 0 Å². The van der Waals surface area contributed by atoms with Crippen molar-refractivity contribution in [2.24, 2.45) is 0 Å². The van der Waals surface area contributed by atoms with Gasteiger partial charge in [0.25, 0.3) is 5.91 Å². The molecule has 0 saturated heterocycles. The quantitative estimate of drug-likeness (QED) is 0.629. The van der Waals surface area contributed by atoms with E-state index in [1.165, 1.54) is 6.20 Å². The number of hydrogen-bond acceptors (Lipinski definition) is 6. The third-order valence-electron chi connectivity index (χ3n) is 4.34. The summed E-state index contributed by atoms with van der Waals surface area (Å²) < 4.78 is 10.6. The van der Waals surface area contributed by atoms with E-state index in [0.29, 0.717) is 22.9 Å². The fourth-order valence-corrected chi connectivity index (χ4v) is 2.69. The Morgan fingerprint density at radius 2 is 1.72 bits per heavy atom. The Hall–Kier alpha value is -3.74. The molecule has 1 heterocycles. The highest BCUT2D eigenvalue weighted by molar-refractivity contribution is 6.04. The number of aromatic nitrogens is 1. The Bertz CT molecular complexity index is 970. The van der Waals surface area contributed by atoms with Crippen LogP contribution in [-0.4, -0.2) is 39.2 Å². The number of carbonyl (C=O) groups excluding carboxylic acids is 1. The number of ether oxygens (including phenoxy) is 2. The number of amides is 1. The van der Waals surface area contributed by atoms with E-state index in [1.54, 1.807) is 32.4 Å². The summed E-state index contributed by atoms with van der Waals surface area (Å²) in [4.78, 5) is 18.8. The lowest BCUT2D eigenvalue weighted by molar-refractivity contribution is 0.102. The number of anilines is 4. The van der Waals surface area contributed by atoms with Crippen LogP contribution in [-0.2, 0) is 0 Å². The lowest BCUT2D eigenvalue weighted by atomic mass is 10.2. The van der Waals surface area contributed by atoms with Gasteiger partial charge in [-0.1, -0.05) is 0 Å². The molecule has 2 aromatic carbocycles. The third kappa shape index (κ3) is 4.95. The van der Waals surface area contributed by atoms with E-state index in [1.807, 2.05) is 55.4 Å². The normalized spacial score (nSPS) is 10.2. The zero-order valence-electron chi connectivity index (χ0n) is 16.9. The molecule has 0 fully saturated rings. The Balaban J connectivity index is 1.67. The summed E-state index contributed by atoms with van der Waals surface area (Å²) in [5.74, 6) is 1.71. The number of nitrogens with zero attached hydrogens (tertiary/aromatic N) is 2. The average molecular weight is 392 g/mol. The van der Waals surface area contributed by atoms with Crippen LogP contribution < -0.4 is 25.0 Å². The number of carbonyl (C=O) groups is 1. The molecular weight excluding hydrogens is 368 g/mol. The van der Waals surface area contributed by atoms with Crippen LogP contribution in [0.2, 0.25) is 0 Å². The van der Waals surface area contributed by atoms with Crippen molar-refractivity contribution in [3.05, 3.63) is 66.4 Å². The third-order valence-corrected chi connectivity index (χ3v) is 4.34. The molecule has 1 amide bonds. The second-order valence-corrected chi connectivity index (χ2v) is 6.52. The first-order chi connectivity index (χ1) is 14.0. The van der Waals surface area contributed by atoms with Crippen LogP contribution in [0.3, 0.4) is 0 Å². The molecule has 0 spiro atoms. The molecule has 0 bridgehead atoms. The van der Waals surface area contributed by atoms with Crippen molar-refractivity contribution in [2.45, 2.75) is 0 Å². The van der Waals surface area contributed by atoms with E-state index in [9.17, 15) is 4.79 Å². The van der Waals surface area contributed by atoms with Gasteiger partial charge >= 0.3 is 0 Å². The predicted molar refractivity (Wildman–Crippen MR) is 116 cm³/mol. The minimum atomic E-state index is -0.219. The molecular formula is C22H24N4O3. The summed E-state index contributed by atoms with van der Waals surface area (Å²) in [6.07, 6.45) is 1.53. The van der Waals surface area contributed by atoms with Crippen LogP contribution in [0.4, 0.5) is 22.9 Å². The van der Waals surface area contributed by atoms with E-state index >= 15 is 0 Å². The van der Waals surface area contributed by atoms with Gasteiger partial charge in [-0.25, -0.2) is 4.98 Å². The van der Waals surface area contributed by atoms with Crippen LogP contribution in [0, 0.1) is 0 Å². The fraction of sp³-hybridized carbons (Fsp3) is 0.182. The Kier molecular flexibility index (Phi) is 6.19. The maximum absolute atomic E-state index is 12.5. The second-order valence-electron chi connectivity index (χ2n) is 6.52. The summed E-state index contributed by atoms with van der Waals surface area (Å²) in [5, 5.41) is 6.05. The zero-order valence-corrected chi connectivity index (χ0v) is 16.9. The highest BCUT2D eigenvalue weighted by Gasteiger charge is 2.09. The number of benzene rings is 2. The number of rotatable bonds is 7. The second kappa shape index (κ2) is 8.97. The summed E-state index contributed by atoms with van der Waals surface area (Å²) in [7, 11) is 7.13. The predicted octanol–water partition coefficient (Wildman–Crippen LogP) is 4.16. The number of hydrogen-bond donors (Lipinski definition) is 2. The van der Waals surface area contributed by atoms with Crippen LogP contribution in [0.1, 0.15) is 10.4 Å². The van der Waals surface area contributed by atoms with Crippen LogP contribution in [0.25, 0.3) is 0 Å². The molecule has 7 heteroatoms. The summed E-state index contributed by atoms with van der Waals surface area (Å²) in [6.45, 7) is 0. The first kappa shape index (κ1) is 20.0. The van der Waals surface area contributed by atoms with Gasteiger partial charge in [0.1, 0.15) is 17.3 Å². The van der Waals surface area contributed by atoms with Crippen molar-refractivity contribution in [3.8, 4) is 11.5 Å². The van der Waals surface area contributed by atoms with Crippen molar-refractivity contribution in [3.63, 3.8) is 0 Å². The zero-order chi connectivity index (χ0) is 20.8. The molecule has 150 valence electrons. The van der Waals surface area contributed by atoms with Gasteiger partial charge < -0.3 is 25.0 Å². The highest BCUT2D eigenvalue weighted by Crippen LogP contribution is 2.31. The Morgan fingerprint density at radius 3 is 2.31 bits per heavy atom. The Morgan fingerprint density at radius 1 is 0.966 bits per heavy atom. The lowest BCUT2D eigenvalue weighted by Gasteiger charge is -2.13. The molecule has 1 aromatic heterocycles. The summed E-state index contributed by atoms with van der Waals surface area (Å²) >= 11 is 0. The van der Waals surface area contributed by atoms with Crippen molar-refractivity contribution in [2.75, 3.05) is 43.8 Å². The summed E-state index contributed by atoms with van der Waals surface area (Å²) in [6, 6.07) is 16.5. The monoisotopic (exact) mass is 392 g/mol. The van der Waals surface area contributed by atoms with Gasteiger partial charge in [0.15, 0.2) is 0 Å². The van der Waals surface area contributed by atoms with E-state index in [4.69, 9.17) is 9.47 Å². The molecule has 2 N–H and O–H groups in total. The molecule has 0 atom stereocenters. The van der Waals surface area contributed by atoms with Crippen molar-refractivity contribution < 1.29 is 14.3 Å². The number of methoxy groups -OCH3 is 2. The smallest absolute Gasteiger partial charge is 0.257 e. The van der Waals surface area contributed by atoms with E-state index in [2.05, 4.69) is 15.6 Å². The molecule has 29 heavy (non-hydrogen) atoms. The van der Waals surface area contributed by atoms with Gasteiger partial charge in [-0.15, -0.1) is 0 Å². The van der Waals surface area contributed by atoms with Gasteiger partial charge in [-0.05, 0) is 48.5 Å². The van der Waals surface area contributed by atoms with Gasteiger partial charge in [0, 0.05) is 37.7 Å². The molecule has 0 aliphatic heterocycles. The minimum Gasteiger partial charge on any atom is -0.497 e. The standard InChI is InChI=1S/C22H24N4O3/c1-26(2)17-8-6-16(7-9-17)24-22(27)15-5-12-21(23-14-15)25-19-11-10-18(28-3)13-20(19)29-4/h5-14H,1-4H3,(H,23,25)(H,24,27). The largest absolute Gasteiger partial charge is 0.497 e. The Labute approximate surface area is 170 Å². The van der Waals surface area contributed by atoms with E-state index in [-0.39, 0.29) is 5.91 Å². The SMILES string of the molecule is COc1ccc(Nc2ccc(C(=O)Nc3ccc(N(C)C)cc3)cn2)c(OC)c1. The van der Waals surface area contributed by atoms with Gasteiger partial charge in [-0.2, -0.15) is 0 Å². The molecule has 3 aromatic rings.